The lowest BCUT2D eigenvalue weighted by Gasteiger charge is -2.09. The summed E-state index contributed by atoms with van der Waals surface area (Å²) in [5, 5.41) is 9.54. The van der Waals surface area contributed by atoms with Crippen LogP contribution in [0.5, 0.6) is 0 Å². The smallest absolute Gasteiger partial charge is 0.336 e. The Morgan fingerprint density at radius 3 is 2.24 bits per heavy atom. The molecule has 0 fully saturated rings. The highest BCUT2D eigenvalue weighted by Crippen LogP contribution is 2.17. The minimum Gasteiger partial charge on any atom is -0.478 e. The Balaban J connectivity index is 2.10. The molecule has 2 rings (SSSR count). The van der Waals surface area contributed by atoms with E-state index in [-0.39, 0.29) is 0 Å². The molecule has 2 aromatic rings. The number of hydrogen-bond acceptors (Lipinski definition) is 1. The van der Waals surface area contributed by atoms with Gasteiger partial charge in [0.2, 0.25) is 5.69 Å². The first-order valence-corrected chi connectivity index (χ1v) is 9.48. The standard InChI is InChI=1S/C22H29NO2/c1-3-4-5-6-7-8-12-15-20-18(2)23(17-16-21(20)22(24)25)19-13-10-9-11-14-19/h9-11,13-14,16-17H,3-8,12,15H2,1-2H3/p+1. The van der Waals surface area contributed by atoms with Crippen LogP contribution in [0.25, 0.3) is 5.69 Å². The van der Waals surface area contributed by atoms with Gasteiger partial charge in [-0.15, -0.1) is 0 Å². The lowest BCUT2D eigenvalue weighted by atomic mass is 9.99. The summed E-state index contributed by atoms with van der Waals surface area (Å²) in [5.41, 5.74) is 3.50. The number of rotatable bonds is 10. The molecule has 0 unspecified atom stereocenters. The molecule has 1 heterocycles. The topological polar surface area (TPSA) is 41.2 Å². The number of nitrogens with zero attached hydrogens (tertiary/aromatic N) is 1. The lowest BCUT2D eigenvalue weighted by molar-refractivity contribution is -0.603. The van der Waals surface area contributed by atoms with E-state index >= 15 is 0 Å². The van der Waals surface area contributed by atoms with Crippen LogP contribution in [0.15, 0.2) is 42.6 Å². The van der Waals surface area contributed by atoms with Crippen molar-refractivity contribution in [1.29, 1.82) is 0 Å². The molecule has 3 nitrogen and oxygen atoms in total. The molecule has 0 amide bonds. The maximum atomic E-state index is 11.6. The number of carboxylic acid groups (broad SMARTS) is 1. The molecule has 0 atom stereocenters. The molecular formula is C22H30NO2+. The van der Waals surface area contributed by atoms with Crippen LogP contribution in [-0.4, -0.2) is 11.1 Å². The number of aromatic nitrogens is 1. The molecule has 1 aromatic carbocycles. The number of pyridine rings is 1. The molecule has 1 aromatic heterocycles. The predicted molar refractivity (Wildman–Crippen MR) is 101 cm³/mol. The van der Waals surface area contributed by atoms with Crippen molar-refractivity contribution in [2.24, 2.45) is 0 Å². The molecule has 0 spiro atoms. The van der Waals surface area contributed by atoms with Gasteiger partial charge in [-0.1, -0.05) is 63.6 Å². The average Bonchev–Trinajstić information content (AvgIpc) is 2.62. The largest absolute Gasteiger partial charge is 0.478 e. The minimum absolute atomic E-state index is 0.440. The van der Waals surface area contributed by atoms with Crippen molar-refractivity contribution >= 4 is 5.97 Å². The molecule has 0 aliphatic rings. The van der Waals surface area contributed by atoms with Crippen LogP contribution in [0.2, 0.25) is 0 Å². The third-order valence-corrected chi connectivity index (χ3v) is 4.81. The fraction of sp³-hybridized carbons (Fsp3) is 0.455. The summed E-state index contributed by atoms with van der Waals surface area (Å²) in [6.45, 7) is 4.25. The summed E-state index contributed by atoms with van der Waals surface area (Å²) in [6, 6.07) is 11.8. The Hall–Kier alpha value is -2.16. The summed E-state index contributed by atoms with van der Waals surface area (Å²) in [7, 11) is 0. The number of aromatic carboxylic acids is 1. The first-order valence-electron chi connectivity index (χ1n) is 9.48. The van der Waals surface area contributed by atoms with Crippen LogP contribution < -0.4 is 4.57 Å². The Morgan fingerprint density at radius 2 is 1.60 bits per heavy atom. The maximum Gasteiger partial charge on any atom is 0.336 e. The van der Waals surface area contributed by atoms with Crippen molar-refractivity contribution in [1.82, 2.24) is 0 Å². The van der Waals surface area contributed by atoms with Crippen LogP contribution >= 0.6 is 0 Å². The van der Waals surface area contributed by atoms with Crippen LogP contribution in [0, 0.1) is 6.92 Å². The van der Waals surface area contributed by atoms with E-state index < -0.39 is 5.97 Å². The van der Waals surface area contributed by atoms with Crippen LogP contribution in [-0.2, 0) is 6.42 Å². The molecule has 134 valence electrons. The zero-order valence-electron chi connectivity index (χ0n) is 15.5. The molecule has 0 aliphatic carbocycles. The van der Waals surface area contributed by atoms with Crippen LogP contribution in [0.3, 0.4) is 0 Å². The number of carboxylic acids is 1. The Bertz CT molecular complexity index is 680. The lowest BCUT2D eigenvalue weighted by Crippen LogP contribution is -2.36. The molecular weight excluding hydrogens is 310 g/mol. The Kier molecular flexibility index (Phi) is 7.65. The molecule has 0 saturated heterocycles. The van der Waals surface area contributed by atoms with E-state index in [0.29, 0.717) is 5.56 Å². The van der Waals surface area contributed by atoms with Gasteiger partial charge < -0.3 is 5.11 Å². The van der Waals surface area contributed by atoms with Crippen molar-refractivity contribution in [2.75, 3.05) is 0 Å². The quantitative estimate of drug-likeness (QED) is 0.473. The molecule has 0 bridgehead atoms. The van der Waals surface area contributed by atoms with Gasteiger partial charge in [0.05, 0.1) is 5.56 Å². The van der Waals surface area contributed by atoms with E-state index in [2.05, 4.69) is 11.5 Å². The molecule has 0 saturated carbocycles. The van der Waals surface area contributed by atoms with Gasteiger partial charge in [-0.3, -0.25) is 0 Å². The van der Waals surface area contributed by atoms with Gasteiger partial charge in [0.25, 0.3) is 0 Å². The maximum absolute atomic E-state index is 11.6. The van der Waals surface area contributed by atoms with E-state index in [4.69, 9.17) is 0 Å². The number of carbonyl (C=O) groups is 1. The van der Waals surface area contributed by atoms with Crippen molar-refractivity contribution in [3.63, 3.8) is 0 Å². The normalized spacial score (nSPS) is 10.8. The summed E-state index contributed by atoms with van der Waals surface area (Å²) in [5.74, 6) is -0.832. The Morgan fingerprint density at radius 1 is 0.960 bits per heavy atom. The van der Waals surface area contributed by atoms with E-state index in [1.165, 1.54) is 38.5 Å². The third-order valence-electron chi connectivity index (χ3n) is 4.81. The summed E-state index contributed by atoms with van der Waals surface area (Å²) in [6.07, 6.45) is 11.3. The van der Waals surface area contributed by atoms with E-state index in [1.54, 1.807) is 6.07 Å². The van der Waals surface area contributed by atoms with Gasteiger partial charge in [-0.2, -0.15) is 4.57 Å². The van der Waals surface area contributed by atoms with Crippen molar-refractivity contribution < 1.29 is 14.5 Å². The zero-order valence-corrected chi connectivity index (χ0v) is 15.5. The van der Waals surface area contributed by atoms with Gasteiger partial charge in [0.1, 0.15) is 0 Å². The highest BCUT2D eigenvalue weighted by Gasteiger charge is 2.21. The number of benzene rings is 1. The summed E-state index contributed by atoms with van der Waals surface area (Å²) < 4.78 is 2.09. The second-order valence-electron chi connectivity index (χ2n) is 6.68. The van der Waals surface area contributed by atoms with Gasteiger partial charge in [-0.25, -0.2) is 4.79 Å². The van der Waals surface area contributed by atoms with Crippen molar-refractivity contribution in [3.8, 4) is 5.69 Å². The summed E-state index contributed by atoms with van der Waals surface area (Å²) in [4.78, 5) is 11.6. The number of para-hydroxylation sites is 1. The second kappa shape index (κ2) is 9.97. The first kappa shape index (κ1) is 19.2. The van der Waals surface area contributed by atoms with Gasteiger partial charge in [0, 0.05) is 30.7 Å². The monoisotopic (exact) mass is 340 g/mol. The first-order chi connectivity index (χ1) is 12.1. The SMILES string of the molecule is CCCCCCCCCc1c(C(=O)O)cc[n+](-c2ccccc2)c1C. The van der Waals surface area contributed by atoms with Gasteiger partial charge >= 0.3 is 5.97 Å². The number of hydrogen-bond donors (Lipinski definition) is 1. The highest BCUT2D eigenvalue weighted by molar-refractivity contribution is 5.89. The van der Waals surface area contributed by atoms with Gasteiger partial charge in [-0.05, 0) is 12.8 Å². The molecule has 1 N–H and O–H groups in total. The van der Waals surface area contributed by atoms with Crippen LogP contribution in [0.1, 0.15) is 73.5 Å². The minimum atomic E-state index is -0.832. The zero-order chi connectivity index (χ0) is 18.1. The van der Waals surface area contributed by atoms with Crippen LogP contribution in [0.4, 0.5) is 0 Å². The van der Waals surface area contributed by atoms with Crippen molar-refractivity contribution in [2.45, 2.75) is 65.2 Å². The molecule has 0 radical (unpaired) electrons. The predicted octanol–water partition coefficient (Wildman–Crippen LogP) is 5.26. The fourth-order valence-corrected chi connectivity index (χ4v) is 3.34. The highest BCUT2D eigenvalue weighted by atomic mass is 16.4. The van der Waals surface area contributed by atoms with E-state index in [0.717, 1.165) is 29.8 Å². The average molecular weight is 340 g/mol. The van der Waals surface area contributed by atoms with Gasteiger partial charge in [0.15, 0.2) is 11.9 Å². The Labute approximate surface area is 151 Å². The molecule has 0 aliphatic heterocycles. The summed E-state index contributed by atoms with van der Waals surface area (Å²) >= 11 is 0. The van der Waals surface area contributed by atoms with Crippen molar-refractivity contribution in [3.05, 3.63) is 59.4 Å². The second-order valence-corrected chi connectivity index (χ2v) is 6.68. The third kappa shape index (κ3) is 5.42. The van der Waals surface area contributed by atoms with E-state index in [1.807, 2.05) is 43.5 Å². The molecule has 3 heteroatoms. The fourth-order valence-electron chi connectivity index (χ4n) is 3.34. The van der Waals surface area contributed by atoms with E-state index in [9.17, 15) is 9.90 Å². The number of unbranched alkanes of at least 4 members (excludes halogenated alkanes) is 6. The molecule has 25 heavy (non-hydrogen) atoms.